The highest BCUT2D eigenvalue weighted by molar-refractivity contribution is 7.98. The Labute approximate surface area is 83.9 Å². The summed E-state index contributed by atoms with van der Waals surface area (Å²) >= 11 is 1.57. The fourth-order valence-corrected chi connectivity index (χ4v) is 1.55. The van der Waals surface area contributed by atoms with Crippen LogP contribution in [-0.4, -0.2) is 22.3 Å². The summed E-state index contributed by atoms with van der Waals surface area (Å²) < 4.78 is 5.05. The van der Waals surface area contributed by atoms with E-state index in [-0.39, 0.29) is 5.89 Å². The Kier molecular flexibility index (Phi) is 2.17. The standard InChI is InChI=1S/C9H7NO3S/c1-14-5-2-3-6-7(4-5)13-8(10-6)9(11)12/h2-4H,1H3,(H,11,12). The number of carboxylic acids is 1. The Balaban J connectivity index is 2.60. The second-order valence-corrected chi connectivity index (χ2v) is 3.54. The highest BCUT2D eigenvalue weighted by Gasteiger charge is 2.12. The summed E-state index contributed by atoms with van der Waals surface area (Å²) in [5.41, 5.74) is 1.08. The van der Waals surface area contributed by atoms with E-state index < -0.39 is 5.97 Å². The number of aromatic nitrogens is 1. The van der Waals surface area contributed by atoms with Gasteiger partial charge in [0.25, 0.3) is 0 Å². The highest BCUT2D eigenvalue weighted by Crippen LogP contribution is 2.22. The van der Waals surface area contributed by atoms with Crippen LogP contribution in [0.1, 0.15) is 10.7 Å². The quantitative estimate of drug-likeness (QED) is 0.768. The molecule has 72 valence electrons. The van der Waals surface area contributed by atoms with Crippen LogP contribution in [-0.2, 0) is 0 Å². The van der Waals surface area contributed by atoms with Crippen LogP contribution < -0.4 is 0 Å². The van der Waals surface area contributed by atoms with E-state index in [0.29, 0.717) is 11.1 Å². The number of aromatic carboxylic acids is 1. The monoisotopic (exact) mass is 209 g/mol. The van der Waals surface area contributed by atoms with E-state index in [1.807, 2.05) is 12.3 Å². The molecule has 0 unspecified atom stereocenters. The zero-order valence-corrected chi connectivity index (χ0v) is 8.17. The Morgan fingerprint density at radius 2 is 2.36 bits per heavy atom. The SMILES string of the molecule is CSc1ccc2nc(C(=O)O)oc2c1. The average Bonchev–Trinajstić information content (AvgIpc) is 2.59. The van der Waals surface area contributed by atoms with Crippen molar-refractivity contribution >= 4 is 28.8 Å². The van der Waals surface area contributed by atoms with Gasteiger partial charge in [0, 0.05) is 4.90 Å². The van der Waals surface area contributed by atoms with E-state index in [1.165, 1.54) is 0 Å². The van der Waals surface area contributed by atoms with Crippen molar-refractivity contribution in [3.63, 3.8) is 0 Å². The molecule has 2 rings (SSSR count). The molecule has 0 aliphatic rings. The maximum Gasteiger partial charge on any atom is 0.392 e. The predicted octanol–water partition coefficient (Wildman–Crippen LogP) is 2.25. The molecule has 0 saturated heterocycles. The van der Waals surface area contributed by atoms with Gasteiger partial charge in [-0.3, -0.25) is 0 Å². The zero-order chi connectivity index (χ0) is 10.1. The maximum atomic E-state index is 10.6. The lowest BCUT2D eigenvalue weighted by Gasteiger charge is -1.92. The van der Waals surface area contributed by atoms with Crippen molar-refractivity contribution in [2.45, 2.75) is 4.90 Å². The van der Waals surface area contributed by atoms with Gasteiger partial charge in [-0.05, 0) is 24.5 Å². The number of fused-ring (bicyclic) bond motifs is 1. The molecule has 2 aromatic rings. The first-order valence-electron chi connectivity index (χ1n) is 3.88. The lowest BCUT2D eigenvalue weighted by molar-refractivity contribution is 0.0656. The van der Waals surface area contributed by atoms with Gasteiger partial charge in [0.05, 0.1) is 0 Å². The van der Waals surface area contributed by atoms with Gasteiger partial charge in [-0.1, -0.05) is 0 Å². The number of carbonyl (C=O) groups is 1. The maximum absolute atomic E-state index is 10.6. The van der Waals surface area contributed by atoms with Crippen molar-refractivity contribution in [1.82, 2.24) is 4.98 Å². The van der Waals surface area contributed by atoms with Gasteiger partial charge in [0.1, 0.15) is 5.52 Å². The van der Waals surface area contributed by atoms with Crippen LogP contribution in [0.5, 0.6) is 0 Å². The molecule has 14 heavy (non-hydrogen) atoms. The Morgan fingerprint density at radius 1 is 1.57 bits per heavy atom. The number of thioether (sulfide) groups is 1. The van der Waals surface area contributed by atoms with Crippen LogP contribution >= 0.6 is 11.8 Å². The van der Waals surface area contributed by atoms with E-state index in [9.17, 15) is 4.79 Å². The first-order chi connectivity index (χ1) is 6.70. The number of carboxylic acid groups (broad SMARTS) is 1. The van der Waals surface area contributed by atoms with Gasteiger partial charge in [0.15, 0.2) is 5.58 Å². The van der Waals surface area contributed by atoms with E-state index in [2.05, 4.69) is 4.98 Å². The van der Waals surface area contributed by atoms with Crippen LogP contribution in [0.2, 0.25) is 0 Å². The van der Waals surface area contributed by atoms with E-state index in [4.69, 9.17) is 9.52 Å². The minimum absolute atomic E-state index is 0.266. The molecule has 0 amide bonds. The van der Waals surface area contributed by atoms with Crippen molar-refractivity contribution in [3.8, 4) is 0 Å². The molecule has 4 nitrogen and oxygen atoms in total. The molecule has 1 heterocycles. The number of rotatable bonds is 2. The second kappa shape index (κ2) is 3.34. The molecule has 1 aromatic heterocycles. The average molecular weight is 209 g/mol. The molecule has 0 spiro atoms. The van der Waals surface area contributed by atoms with Gasteiger partial charge in [-0.15, -0.1) is 11.8 Å². The number of hydrogen-bond donors (Lipinski definition) is 1. The lowest BCUT2D eigenvalue weighted by atomic mass is 10.3. The highest BCUT2D eigenvalue weighted by atomic mass is 32.2. The molecule has 0 fully saturated rings. The summed E-state index contributed by atoms with van der Waals surface area (Å²) in [5.74, 6) is -1.41. The molecule has 0 aliphatic carbocycles. The van der Waals surface area contributed by atoms with Gasteiger partial charge in [-0.25, -0.2) is 9.78 Å². The Morgan fingerprint density at radius 3 is 3.00 bits per heavy atom. The van der Waals surface area contributed by atoms with Crippen molar-refractivity contribution in [2.75, 3.05) is 6.26 Å². The van der Waals surface area contributed by atoms with Crippen molar-refractivity contribution < 1.29 is 14.3 Å². The largest absolute Gasteiger partial charge is 0.474 e. The number of hydrogen-bond acceptors (Lipinski definition) is 4. The number of benzene rings is 1. The Hall–Kier alpha value is -1.49. The normalized spacial score (nSPS) is 10.6. The van der Waals surface area contributed by atoms with E-state index >= 15 is 0 Å². The van der Waals surface area contributed by atoms with Crippen LogP contribution in [0.3, 0.4) is 0 Å². The smallest absolute Gasteiger partial charge is 0.392 e. The molecular formula is C9H7NO3S. The van der Waals surface area contributed by atoms with Gasteiger partial charge >= 0.3 is 11.9 Å². The molecule has 0 saturated carbocycles. The first-order valence-corrected chi connectivity index (χ1v) is 5.11. The third-order valence-electron chi connectivity index (χ3n) is 1.78. The zero-order valence-electron chi connectivity index (χ0n) is 7.35. The fraction of sp³-hybridized carbons (Fsp3) is 0.111. The molecule has 0 radical (unpaired) electrons. The van der Waals surface area contributed by atoms with Crippen molar-refractivity contribution in [2.24, 2.45) is 0 Å². The summed E-state index contributed by atoms with van der Waals surface area (Å²) in [5, 5.41) is 8.65. The lowest BCUT2D eigenvalue weighted by Crippen LogP contribution is -1.94. The van der Waals surface area contributed by atoms with Crippen LogP contribution in [0.4, 0.5) is 0 Å². The molecule has 0 bridgehead atoms. The third kappa shape index (κ3) is 1.46. The molecule has 5 heteroatoms. The van der Waals surface area contributed by atoms with E-state index in [0.717, 1.165) is 4.90 Å². The second-order valence-electron chi connectivity index (χ2n) is 2.66. The van der Waals surface area contributed by atoms with Crippen LogP contribution in [0, 0.1) is 0 Å². The topological polar surface area (TPSA) is 63.3 Å². The van der Waals surface area contributed by atoms with Crippen LogP contribution in [0.25, 0.3) is 11.1 Å². The fourth-order valence-electron chi connectivity index (χ4n) is 1.12. The molecular weight excluding hydrogens is 202 g/mol. The summed E-state index contributed by atoms with van der Waals surface area (Å²) in [7, 11) is 0. The summed E-state index contributed by atoms with van der Waals surface area (Å²) in [6.45, 7) is 0. The molecule has 0 aliphatic heterocycles. The van der Waals surface area contributed by atoms with Gasteiger partial charge in [0.2, 0.25) is 0 Å². The third-order valence-corrected chi connectivity index (χ3v) is 2.50. The molecule has 1 N–H and O–H groups in total. The van der Waals surface area contributed by atoms with E-state index in [1.54, 1.807) is 23.9 Å². The van der Waals surface area contributed by atoms with Crippen LogP contribution in [0.15, 0.2) is 27.5 Å². The summed E-state index contributed by atoms with van der Waals surface area (Å²) in [6, 6.07) is 5.40. The number of oxazole rings is 1. The number of nitrogens with zero attached hydrogens (tertiary/aromatic N) is 1. The molecule has 0 atom stereocenters. The first kappa shape index (κ1) is 9.08. The predicted molar refractivity (Wildman–Crippen MR) is 52.7 cm³/mol. The Bertz CT molecular complexity index is 492. The van der Waals surface area contributed by atoms with Gasteiger partial charge < -0.3 is 9.52 Å². The minimum atomic E-state index is -1.15. The molecule has 1 aromatic carbocycles. The summed E-state index contributed by atoms with van der Waals surface area (Å²) in [6.07, 6.45) is 1.94. The summed E-state index contributed by atoms with van der Waals surface area (Å²) in [4.78, 5) is 15.4. The van der Waals surface area contributed by atoms with Crippen molar-refractivity contribution in [3.05, 3.63) is 24.1 Å². The van der Waals surface area contributed by atoms with Gasteiger partial charge in [-0.2, -0.15) is 0 Å². The van der Waals surface area contributed by atoms with Crippen molar-refractivity contribution in [1.29, 1.82) is 0 Å². The minimum Gasteiger partial charge on any atom is -0.474 e.